The summed E-state index contributed by atoms with van der Waals surface area (Å²) < 4.78 is 0. The minimum absolute atomic E-state index is 0.0420. The van der Waals surface area contributed by atoms with Crippen molar-refractivity contribution in [3.05, 3.63) is 34.9 Å². The van der Waals surface area contributed by atoms with Gasteiger partial charge in [0.25, 0.3) is 0 Å². The van der Waals surface area contributed by atoms with Crippen LogP contribution in [-0.4, -0.2) is 29.9 Å². The maximum Gasteiger partial charge on any atom is 0.235 e. The molecular formula is C16H22ClN3O. The molecule has 1 rings (SSSR count). The van der Waals surface area contributed by atoms with Gasteiger partial charge in [0.15, 0.2) is 0 Å². The fourth-order valence-corrected chi connectivity index (χ4v) is 2.04. The zero-order chi connectivity index (χ0) is 16.0. The molecule has 4 nitrogen and oxygen atoms in total. The number of nitriles is 1. The summed E-state index contributed by atoms with van der Waals surface area (Å²) in [7, 11) is 1.85. The van der Waals surface area contributed by atoms with Gasteiger partial charge in [-0.15, -0.1) is 0 Å². The molecule has 1 N–H and O–H groups in total. The molecule has 0 fully saturated rings. The van der Waals surface area contributed by atoms with Crippen LogP contribution >= 0.6 is 11.6 Å². The molecule has 114 valence electrons. The van der Waals surface area contributed by atoms with Crippen molar-refractivity contribution in [2.45, 2.75) is 32.9 Å². The molecule has 1 aromatic rings. The number of rotatable bonds is 6. The Morgan fingerprint density at radius 3 is 2.62 bits per heavy atom. The molecule has 0 aliphatic rings. The molecule has 0 saturated carbocycles. The average molecular weight is 308 g/mol. The molecule has 0 saturated heterocycles. The van der Waals surface area contributed by atoms with Crippen molar-refractivity contribution in [2.75, 3.05) is 13.6 Å². The monoisotopic (exact) mass is 307 g/mol. The Kier molecular flexibility index (Phi) is 6.19. The lowest BCUT2D eigenvalue weighted by atomic mass is 9.90. The lowest BCUT2D eigenvalue weighted by Gasteiger charge is -2.28. The minimum atomic E-state index is -0.845. The molecule has 1 aromatic carbocycles. The Labute approximate surface area is 131 Å². The Bertz CT molecular complexity index is 539. The van der Waals surface area contributed by atoms with Crippen LogP contribution in [0.5, 0.6) is 0 Å². The number of likely N-dealkylation sites (N-methyl/N-ethyl adjacent to an activating group) is 1. The fraction of sp³-hybridized carbons (Fsp3) is 0.500. The van der Waals surface area contributed by atoms with Crippen molar-refractivity contribution in [3.8, 4) is 6.07 Å². The molecule has 0 spiro atoms. The molecule has 0 bridgehead atoms. The highest BCUT2D eigenvalue weighted by molar-refractivity contribution is 6.31. The van der Waals surface area contributed by atoms with Crippen molar-refractivity contribution in [2.24, 2.45) is 5.92 Å². The average Bonchev–Trinajstić information content (AvgIpc) is 2.40. The molecule has 0 aromatic heterocycles. The second-order valence-corrected chi connectivity index (χ2v) is 6.19. The lowest BCUT2D eigenvalue weighted by Crippen LogP contribution is -2.51. The predicted octanol–water partition coefficient (Wildman–Crippen LogP) is 2.83. The highest BCUT2D eigenvalue weighted by atomic mass is 35.5. The van der Waals surface area contributed by atoms with E-state index < -0.39 is 5.54 Å². The van der Waals surface area contributed by atoms with Gasteiger partial charge in [-0.25, -0.2) is 0 Å². The van der Waals surface area contributed by atoms with Crippen molar-refractivity contribution in [1.82, 2.24) is 10.2 Å². The van der Waals surface area contributed by atoms with Crippen LogP contribution in [0.15, 0.2) is 24.3 Å². The van der Waals surface area contributed by atoms with Gasteiger partial charge in [-0.3, -0.25) is 9.69 Å². The van der Waals surface area contributed by atoms with Crippen LogP contribution in [0.2, 0.25) is 5.02 Å². The van der Waals surface area contributed by atoms with Gasteiger partial charge in [-0.2, -0.15) is 5.26 Å². The Balaban J connectivity index is 2.59. The van der Waals surface area contributed by atoms with E-state index in [0.717, 1.165) is 5.56 Å². The summed E-state index contributed by atoms with van der Waals surface area (Å²) in [6, 6.07) is 9.73. The van der Waals surface area contributed by atoms with Gasteiger partial charge in [0, 0.05) is 11.6 Å². The molecule has 0 heterocycles. The Hall–Kier alpha value is -1.57. The van der Waals surface area contributed by atoms with E-state index >= 15 is 0 Å². The standard InChI is InChI=1S/C16H22ClN3O/c1-12(2)16(3,11-18)19-15(21)10-20(4)9-13-7-5-6-8-14(13)17/h5-8,12H,9-10H2,1-4H3,(H,19,21). The number of benzene rings is 1. The summed E-state index contributed by atoms with van der Waals surface area (Å²) in [6.45, 7) is 6.37. The van der Waals surface area contributed by atoms with E-state index in [2.05, 4.69) is 11.4 Å². The van der Waals surface area contributed by atoms with Crippen LogP contribution in [0, 0.1) is 17.2 Å². The second-order valence-electron chi connectivity index (χ2n) is 5.78. The zero-order valence-corrected chi connectivity index (χ0v) is 13.7. The highest BCUT2D eigenvalue weighted by Gasteiger charge is 2.30. The first-order valence-electron chi connectivity index (χ1n) is 6.92. The summed E-state index contributed by atoms with van der Waals surface area (Å²) in [5, 5.41) is 12.7. The van der Waals surface area contributed by atoms with E-state index in [9.17, 15) is 10.1 Å². The van der Waals surface area contributed by atoms with Crippen LogP contribution in [0.3, 0.4) is 0 Å². The topological polar surface area (TPSA) is 56.1 Å². The third-order valence-electron chi connectivity index (χ3n) is 3.60. The summed E-state index contributed by atoms with van der Waals surface area (Å²) in [5.41, 5.74) is 0.129. The van der Waals surface area contributed by atoms with Gasteiger partial charge in [0.1, 0.15) is 5.54 Å². The Morgan fingerprint density at radius 2 is 2.10 bits per heavy atom. The van der Waals surface area contributed by atoms with Crippen molar-refractivity contribution < 1.29 is 4.79 Å². The van der Waals surface area contributed by atoms with Crippen LogP contribution < -0.4 is 5.32 Å². The van der Waals surface area contributed by atoms with Gasteiger partial charge >= 0.3 is 0 Å². The van der Waals surface area contributed by atoms with Gasteiger partial charge in [0.2, 0.25) is 5.91 Å². The number of halogens is 1. The first kappa shape index (κ1) is 17.5. The highest BCUT2D eigenvalue weighted by Crippen LogP contribution is 2.17. The number of amides is 1. The largest absolute Gasteiger partial charge is 0.337 e. The van der Waals surface area contributed by atoms with Gasteiger partial charge in [-0.1, -0.05) is 43.6 Å². The van der Waals surface area contributed by atoms with Crippen LogP contribution in [0.1, 0.15) is 26.3 Å². The van der Waals surface area contributed by atoms with Crippen LogP contribution in [0.25, 0.3) is 0 Å². The molecule has 5 heteroatoms. The zero-order valence-electron chi connectivity index (χ0n) is 13.0. The van der Waals surface area contributed by atoms with Gasteiger partial charge in [0.05, 0.1) is 12.6 Å². The van der Waals surface area contributed by atoms with E-state index in [1.807, 2.05) is 50.1 Å². The Morgan fingerprint density at radius 1 is 1.48 bits per heavy atom. The summed E-state index contributed by atoms with van der Waals surface area (Å²) in [6.07, 6.45) is 0. The lowest BCUT2D eigenvalue weighted by molar-refractivity contribution is -0.123. The maximum atomic E-state index is 12.1. The van der Waals surface area contributed by atoms with Gasteiger partial charge in [-0.05, 0) is 31.5 Å². The maximum absolute atomic E-state index is 12.1. The molecule has 0 radical (unpaired) electrons. The van der Waals surface area contributed by atoms with E-state index in [4.69, 9.17) is 11.6 Å². The van der Waals surface area contributed by atoms with Gasteiger partial charge < -0.3 is 5.32 Å². The molecule has 0 aliphatic heterocycles. The van der Waals surface area contributed by atoms with E-state index in [1.54, 1.807) is 6.92 Å². The van der Waals surface area contributed by atoms with Crippen molar-refractivity contribution >= 4 is 17.5 Å². The third kappa shape index (κ3) is 5.04. The molecule has 1 atom stereocenters. The fourth-order valence-electron chi connectivity index (χ4n) is 1.85. The minimum Gasteiger partial charge on any atom is -0.337 e. The number of hydrogen-bond donors (Lipinski definition) is 1. The molecule has 0 aliphatic carbocycles. The number of carbonyl (C=O) groups is 1. The number of hydrogen-bond acceptors (Lipinski definition) is 3. The predicted molar refractivity (Wildman–Crippen MR) is 84.8 cm³/mol. The molecule has 21 heavy (non-hydrogen) atoms. The third-order valence-corrected chi connectivity index (χ3v) is 3.97. The smallest absolute Gasteiger partial charge is 0.235 e. The number of carbonyl (C=O) groups excluding carboxylic acids is 1. The first-order valence-corrected chi connectivity index (χ1v) is 7.30. The summed E-state index contributed by atoms with van der Waals surface area (Å²) in [4.78, 5) is 13.9. The van der Waals surface area contributed by atoms with Crippen molar-refractivity contribution in [1.29, 1.82) is 5.26 Å². The molecular weight excluding hydrogens is 286 g/mol. The second kappa shape index (κ2) is 7.44. The first-order chi connectivity index (χ1) is 9.78. The number of nitrogens with zero attached hydrogens (tertiary/aromatic N) is 2. The van der Waals surface area contributed by atoms with Crippen LogP contribution in [-0.2, 0) is 11.3 Å². The summed E-state index contributed by atoms with van der Waals surface area (Å²) in [5.74, 6) is -0.123. The van der Waals surface area contributed by atoms with E-state index in [-0.39, 0.29) is 18.4 Å². The van der Waals surface area contributed by atoms with Crippen molar-refractivity contribution in [3.63, 3.8) is 0 Å². The quantitative estimate of drug-likeness (QED) is 0.879. The molecule has 1 unspecified atom stereocenters. The SMILES string of the molecule is CC(C)C(C)(C#N)NC(=O)CN(C)Cc1ccccc1Cl. The van der Waals surface area contributed by atoms with E-state index in [1.165, 1.54) is 0 Å². The van der Waals surface area contributed by atoms with E-state index in [0.29, 0.717) is 11.6 Å². The number of nitrogens with one attached hydrogen (secondary N) is 1. The van der Waals surface area contributed by atoms with Crippen LogP contribution in [0.4, 0.5) is 0 Å². The molecule has 1 amide bonds. The normalized spacial score (nSPS) is 13.8. The summed E-state index contributed by atoms with van der Waals surface area (Å²) >= 11 is 6.11.